The molecular formula is C27H29N5O. The van der Waals surface area contributed by atoms with Crippen molar-refractivity contribution in [1.29, 1.82) is 0 Å². The average Bonchev–Trinajstić information content (AvgIpc) is 3.39. The minimum absolute atomic E-state index is 0.0662. The number of amides is 1. The highest BCUT2D eigenvalue weighted by atomic mass is 16.1. The van der Waals surface area contributed by atoms with E-state index in [1.165, 1.54) is 19.3 Å². The molecule has 0 saturated heterocycles. The van der Waals surface area contributed by atoms with Crippen molar-refractivity contribution in [3.63, 3.8) is 0 Å². The highest BCUT2D eigenvalue weighted by molar-refractivity contribution is 6.04. The van der Waals surface area contributed by atoms with Crippen molar-refractivity contribution in [2.75, 3.05) is 22.5 Å². The van der Waals surface area contributed by atoms with Crippen LogP contribution in [-0.4, -0.2) is 22.4 Å². The Morgan fingerprint density at radius 1 is 0.939 bits per heavy atom. The normalized spacial score (nSPS) is 12.3. The number of nitrogens with one attached hydrogen (secondary N) is 3. The Bertz CT molecular complexity index is 1130. The minimum Gasteiger partial charge on any atom is -0.385 e. The van der Waals surface area contributed by atoms with E-state index in [0.29, 0.717) is 12.4 Å². The highest BCUT2D eigenvalue weighted by Gasteiger charge is 2.10. The Labute approximate surface area is 194 Å². The van der Waals surface area contributed by atoms with Crippen molar-refractivity contribution in [3.8, 4) is 11.3 Å². The van der Waals surface area contributed by atoms with Gasteiger partial charge >= 0.3 is 0 Å². The van der Waals surface area contributed by atoms with Gasteiger partial charge in [0.25, 0.3) is 5.91 Å². The summed E-state index contributed by atoms with van der Waals surface area (Å²) in [6, 6.07) is 17.7. The van der Waals surface area contributed by atoms with E-state index in [9.17, 15) is 4.79 Å². The summed E-state index contributed by atoms with van der Waals surface area (Å²) < 4.78 is 0. The summed E-state index contributed by atoms with van der Waals surface area (Å²) in [4.78, 5) is 21.2. The van der Waals surface area contributed by atoms with Crippen LogP contribution in [0, 0.1) is 0 Å². The monoisotopic (exact) mass is 439 g/mol. The quantitative estimate of drug-likeness (QED) is 0.322. The van der Waals surface area contributed by atoms with Crippen LogP contribution in [-0.2, 0) is 4.79 Å². The number of allylic oxidation sites excluding steroid dienone is 3. The van der Waals surface area contributed by atoms with E-state index < -0.39 is 0 Å². The molecule has 0 aliphatic heterocycles. The van der Waals surface area contributed by atoms with Crippen LogP contribution in [0.1, 0.15) is 32.6 Å². The number of benzene rings is 2. The molecule has 2 aromatic carbocycles. The van der Waals surface area contributed by atoms with Crippen molar-refractivity contribution in [2.24, 2.45) is 0 Å². The minimum atomic E-state index is -0.0662. The third-order valence-corrected chi connectivity index (χ3v) is 5.41. The highest BCUT2D eigenvalue weighted by Crippen LogP contribution is 2.23. The van der Waals surface area contributed by atoms with Gasteiger partial charge in [0.1, 0.15) is 0 Å². The predicted molar refractivity (Wildman–Crippen MR) is 136 cm³/mol. The fourth-order valence-corrected chi connectivity index (χ4v) is 3.54. The van der Waals surface area contributed by atoms with Gasteiger partial charge < -0.3 is 16.0 Å². The van der Waals surface area contributed by atoms with E-state index in [0.717, 1.165) is 40.4 Å². The molecule has 0 bridgehead atoms. The van der Waals surface area contributed by atoms with Crippen LogP contribution in [0.15, 0.2) is 84.6 Å². The summed E-state index contributed by atoms with van der Waals surface area (Å²) in [7, 11) is 0. The van der Waals surface area contributed by atoms with Gasteiger partial charge in [-0.3, -0.25) is 4.79 Å². The smallest absolute Gasteiger partial charge is 0.251 e. The standard InChI is InChI=1S/C27H29N5O/c1-2-3-6-18-28-22-13-15-24(16-14-22)31-27-29-19-17-25(32-27)20-9-11-23(12-10-20)30-26(33)21-7-4-5-8-21/h4-5,7,9-17,19,28H,2-3,6,8,18H2,1H3,(H,30,33)(H,29,31,32). The van der Waals surface area contributed by atoms with Gasteiger partial charge in [0.05, 0.1) is 5.69 Å². The lowest BCUT2D eigenvalue weighted by atomic mass is 10.1. The number of carbonyl (C=O) groups excluding carboxylic acids is 1. The number of rotatable bonds is 10. The van der Waals surface area contributed by atoms with E-state index in [4.69, 9.17) is 0 Å². The summed E-state index contributed by atoms with van der Waals surface area (Å²) in [5, 5.41) is 9.64. The Balaban J connectivity index is 1.36. The Hall–Kier alpha value is -3.93. The number of aromatic nitrogens is 2. The molecule has 0 fully saturated rings. The molecule has 168 valence electrons. The number of unbranched alkanes of at least 4 members (excludes halogenated alkanes) is 2. The summed E-state index contributed by atoms with van der Waals surface area (Å²) >= 11 is 0. The van der Waals surface area contributed by atoms with Gasteiger partial charge in [-0.25, -0.2) is 9.97 Å². The first-order chi connectivity index (χ1) is 16.2. The largest absolute Gasteiger partial charge is 0.385 e. The summed E-state index contributed by atoms with van der Waals surface area (Å²) in [5.41, 5.74) is 5.33. The van der Waals surface area contributed by atoms with Crippen molar-refractivity contribution in [1.82, 2.24) is 9.97 Å². The van der Waals surface area contributed by atoms with Crippen molar-refractivity contribution in [2.45, 2.75) is 32.6 Å². The van der Waals surface area contributed by atoms with Gasteiger partial charge in [-0.2, -0.15) is 0 Å². The fraction of sp³-hybridized carbons (Fsp3) is 0.222. The molecule has 33 heavy (non-hydrogen) atoms. The number of anilines is 4. The zero-order chi connectivity index (χ0) is 22.9. The predicted octanol–water partition coefficient (Wildman–Crippen LogP) is 6.31. The lowest BCUT2D eigenvalue weighted by molar-refractivity contribution is -0.112. The van der Waals surface area contributed by atoms with E-state index in [1.807, 2.05) is 60.7 Å². The number of hydrogen-bond acceptors (Lipinski definition) is 5. The first-order valence-electron chi connectivity index (χ1n) is 11.4. The molecule has 1 heterocycles. The fourth-order valence-electron chi connectivity index (χ4n) is 3.54. The first-order valence-corrected chi connectivity index (χ1v) is 11.4. The molecule has 1 aliphatic rings. The molecule has 0 unspecified atom stereocenters. The lowest BCUT2D eigenvalue weighted by Gasteiger charge is -2.10. The molecule has 0 spiro atoms. The molecule has 0 saturated carbocycles. The SMILES string of the molecule is CCCCCNc1ccc(Nc2nccc(-c3ccc(NC(=O)C4=CC=CC4)cc3)n2)cc1. The van der Waals surface area contributed by atoms with Crippen molar-refractivity contribution < 1.29 is 4.79 Å². The molecule has 1 aromatic heterocycles. The zero-order valence-corrected chi connectivity index (χ0v) is 18.8. The summed E-state index contributed by atoms with van der Waals surface area (Å²) in [5.74, 6) is 0.470. The maximum absolute atomic E-state index is 12.2. The van der Waals surface area contributed by atoms with Crippen LogP contribution < -0.4 is 16.0 Å². The zero-order valence-electron chi connectivity index (χ0n) is 18.8. The molecule has 4 rings (SSSR count). The molecular weight excluding hydrogens is 410 g/mol. The molecule has 6 heteroatoms. The van der Waals surface area contributed by atoms with Crippen LogP contribution >= 0.6 is 0 Å². The molecule has 0 radical (unpaired) electrons. The molecule has 1 amide bonds. The van der Waals surface area contributed by atoms with Crippen LogP contribution in [0.25, 0.3) is 11.3 Å². The van der Waals surface area contributed by atoms with Crippen LogP contribution in [0.2, 0.25) is 0 Å². The van der Waals surface area contributed by atoms with E-state index in [2.05, 4.69) is 45.0 Å². The Morgan fingerprint density at radius 2 is 1.70 bits per heavy atom. The number of nitrogens with zero attached hydrogens (tertiary/aromatic N) is 2. The van der Waals surface area contributed by atoms with Crippen LogP contribution in [0.3, 0.4) is 0 Å². The van der Waals surface area contributed by atoms with Gasteiger partial charge in [-0.1, -0.05) is 50.1 Å². The first kappa shape index (κ1) is 22.3. The van der Waals surface area contributed by atoms with Gasteiger partial charge in [0.15, 0.2) is 0 Å². The van der Waals surface area contributed by atoms with Crippen molar-refractivity contribution >= 4 is 28.9 Å². The third-order valence-electron chi connectivity index (χ3n) is 5.41. The van der Waals surface area contributed by atoms with Crippen LogP contribution in [0.4, 0.5) is 23.0 Å². The molecule has 3 aromatic rings. The van der Waals surface area contributed by atoms with Gasteiger partial charge in [-0.15, -0.1) is 0 Å². The third kappa shape index (κ3) is 6.29. The second kappa shape index (κ2) is 11.1. The molecule has 3 N–H and O–H groups in total. The molecule has 6 nitrogen and oxygen atoms in total. The Morgan fingerprint density at radius 3 is 2.42 bits per heavy atom. The Kier molecular flexibility index (Phi) is 7.48. The second-order valence-electron chi connectivity index (χ2n) is 7.96. The van der Waals surface area contributed by atoms with Gasteiger partial charge in [-0.05, 0) is 55.3 Å². The van der Waals surface area contributed by atoms with Crippen LogP contribution in [0.5, 0.6) is 0 Å². The molecule has 0 atom stereocenters. The summed E-state index contributed by atoms with van der Waals surface area (Å²) in [6.45, 7) is 3.20. The topological polar surface area (TPSA) is 78.9 Å². The summed E-state index contributed by atoms with van der Waals surface area (Å²) in [6.07, 6.45) is 11.8. The lowest BCUT2D eigenvalue weighted by Crippen LogP contribution is -2.13. The second-order valence-corrected chi connectivity index (χ2v) is 7.96. The number of carbonyl (C=O) groups is 1. The molecule has 1 aliphatic carbocycles. The van der Waals surface area contributed by atoms with E-state index in [-0.39, 0.29) is 5.91 Å². The maximum Gasteiger partial charge on any atom is 0.251 e. The average molecular weight is 440 g/mol. The van der Waals surface area contributed by atoms with E-state index >= 15 is 0 Å². The maximum atomic E-state index is 12.2. The number of hydrogen-bond donors (Lipinski definition) is 3. The van der Waals surface area contributed by atoms with E-state index in [1.54, 1.807) is 6.20 Å². The van der Waals surface area contributed by atoms with Crippen molar-refractivity contribution in [3.05, 3.63) is 84.6 Å². The van der Waals surface area contributed by atoms with Gasteiger partial charge in [0.2, 0.25) is 5.95 Å². The van der Waals surface area contributed by atoms with Gasteiger partial charge in [0, 0.05) is 40.9 Å².